The smallest absolute Gasteiger partial charge is 0.254 e. The minimum atomic E-state index is -3.49. The summed E-state index contributed by atoms with van der Waals surface area (Å²) in [4.78, 5) is 14.7. The number of hydrogen-bond acceptors (Lipinski definition) is 3. The van der Waals surface area contributed by atoms with Gasteiger partial charge in [0.2, 0.25) is 10.0 Å². The van der Waals surface area contributed by atoms with Gasteiger partial charge in [0.1, 0.15) is 0 Å². The average Bonchev–Trinajstić information content (AvgIpc) is 2.60. The van der Waals surface area contributed by atoms with E-state index in [-0.39, 0.29) is 10.8 Å². The highest BCUT2D eigenvalue weighted by Gasteiger charge is 2.24. The van der Waals surface area contributed by atoms with Gasteiger partial charge < -0.3 is 4.90 Å². The third kappa shape index (κ3) is 3.56. The lowest BCUT2D eigenvalue weighted by Gasteiger charge is -2.29. The van der Waals surface area contributed by atoms with Crippen LogP contribution in [-0.4, -0.2) is 44.2 Å². The van der Waals surface area contributed by atoms with E-state index in [4.69, 9.17) is 11.6 Å². The summed E-state index contributed by atoms with van der Waals surface area (Å²) in [6.45, 7) is 0.982. The first-order valence-electron chi connectivity index (χ1n) is 7.88. The largest absolute Gasteiger partial charge is 0.334 e. The van der Waals surface area contributed by atoms with Gasteiger partial charge in [-0.2, -0.15) is 0 Å². The molecule has 1 aliphatic rings. The van der Waals surface area contributed by atoms with Crippen LogP contribution in [0.1, 0.15) is 21.5 Å². The first kappa shape index (κ1) is 17.9. The van der Waals surface area contributed by atoms with Crippen LogP contribution < -0.4 is 0 Å². The van der Waals surface area contributed by atoms with Crippen molar-refractivity contribution in [3.8, 4) is 0 Å². The third-order valence-electron chi connectivity index (χ3n) is 4.33. The van der Waals surface area contributed by atoms with Crippen molar-refractivity contribution < 1.29 is 13.2 Å². The lowest BCUT2D eigenvalue weighted by molar-refractivity contribution is 0.0734. The molecule has 25 heavy (non-hydrogen) atoms. The van der Waals surface area contributed by atoms with Crippen LogP contribution >= 0.6 is 11.6 Å². The minimum Gasteiger partial charge on any atom is -0.334 e. The normalized spacial score (nSPS) is 14.5. The Hall–Kier alpha value is -1.89. The molecule has 0 atom stereocenters. The van der Waals surface area contributed by atoms with Crippen LogP contribution in [0.2, 0.25) is 5.02 Å². The monoisotopic (exact) mass is 378 g/mol. The topological polar surface area (TPSA) is 57.7 Å². The molecule has 2 aromatic rings. The molecule has 7 heteroatoms. The van der Waals surface area contributed by atoms with Crippen molar-refractivity contribution >= 4 is 27.5 Å². The van der Waals surface area contributed by atoms with Gasteiger partial charge in [-0.25, -0.2) is 12.7 Å². The van der Waals surface area contributed by atoms with E-state index < -0.39 is 10.0 Å². The Labute approximate surface area is 152 Å². The molecule has 0 aromatic heterocycles. The van der Waals surface area contributed by atoms with E-state index in [2.05, 4.69) is 0 Å². The van der Waals surface area contributed by atoms with Gasteiger partial charge in [-0.05, 0) is 47.9 Å². The van der Waals surface area contributed by atoms with Crippen molar-refractivity contribution in [2.45, 2.75) is 17.9 Å². The van der Waals surface area contributed by atoms with E-state index in [1.807, 2.05) is 6.07 Å². The zero-order chi connectivity index (χ0) is 18.2. The molecule has 1 heterocycles. The Balaban J connectivity index is 1.89. The average molecular weight is 379 g/mol. The van der Waals surface area contributed by atoms with E-state index in [0.29, 0.717) is 30.1 Å². The molecule has 1 aliphatic heterocycles. The molecular weight excluding hydrogens is 360 g/mol. The second kappa shape index (κ2) is 6.78. The van der Waals surface area contributed by atoms with Crippen LogP contribution in [0.15, 0.2) is 47.4 Å². The summed E-state index contributed by atoms with van der Waals surface area (Å²) < 4.78 is 25.8. The molecule has 5 nitrogen and oxygen atoms in total. The number of carbonyl (C=O) groups is 1. The van der Waals surface area contributed by atoms with Crippen LogP contribution in [0.25, 0.3) is 0 Å². The predicted molar refractivity (Wildman–Crippen MR) is 97.2 cm³/mol. The van der Waals surface area contributed by atoms with Gasteiger partial charge >= 0.3 is 0 Å². The molecule has 0 bridgehead atoms. The molecule has 0 fully saturated rings. The number of nitrogens with zero attached hydrogens (tertiary/aromatic N) is 2. The van der Waals surface area contributed by atoms with Gasteiger partial charge in [-0.1, -0.05) is 23.7 Å². The number of fused-ring (bicyclic) bond motifs is 1. The summed E-state index contributed by atoms with van der Waals surface area (Å²) in [5, 5.41) is 0.516. The van der Waals surface area contributed by atoms with Crippen LogP contribution in [0.5, 0.6) is 0 Å². The number of rotatable bonds is 3. The van der Waals surface area contributed by atoms with Crippen LogP contribution in [0, 0.1) is 0 Å². The first-order valence-corrected chi connectivity index (χ1v) is 9.70. The maximum Gasteiger partial charge on any atom is 0.254 e. The van der Waals surface area contributed by atoms with Crippen molar-refractivity contribution in [2.24, 2.45) is 0 Å². The summed E-state index contributed by atoms with van der Waals surface area (Å²) >= 11 is 5.97. The van der Waals surface area contributed by atoms with Crippen molar-refractivity contribution in [1.29, 1.82) is 0 Å². The number of benzene rings is 2. The number of hydrogen-bond donors (Lipinski definition) is 0. The SMILES string of the molecule is CN(C)S(=O)(=O)c1ccc2c(c1)CN(C(=O)c1cccc(Cl)c1)CC2. The Morgan fingerprint density at radius 1 is 1.12 bits per heavy atom. The molecular formula is C18H19ClN2O3S. The molecule has 0 N–H and O–H groups in total. The third-order valence-corrected chi connectivity index (χ3v) is 6.37. The van der Waals surface area contributed by atoms with Crippen LogP contribution in [-0.2, 0) is 23.0 Å². The van der Waals surface area contributed by atoms with Gasteiger partial charge in [-0.15, -0.1) is 0 Å². The van der Waals surface area contributed by atoms with Crippen LogP contribution in [0.4, 0.5) is 0 Å². The number of sulfonamides is 1. The highest BCUT2D eigenvalue weighted by molar-refractivity contribution is 7.89. The van der Waals surface area contributed by atoms with Gasteiger partial charge in [-0.3, -0.25) is 4.79 Å². The van der Waals surface area contributed by atoms with Gasteiger partial charge in [0, 0.05) is 37.8 Å². The summed E-state index contributed by atoms with van der Waals surface area (Å²) in [6.07, 6.45) is 0.698. The van der Waals surface area contributed by atoms with E-state index in [0.717, 1.165) is 11.1 Å². The van der Waals surface area contributed by atoms with Crippen LogP contribution in [0.3, 0.4) is 0 Å². The lowest BCUT2D eigenvalue weighted by atomic mass is 9.99. The van der Waals surface area contributed by atoms with Crippen molar-refractivity contribution in [3.63, 3.8) is 0 Å². The molecule has 0 spiro atoms. The number of halogens is 1. The molecule has 0 saturated heterocycles. The molecule has 0 aliphatic carbocycles. The Morgan fingerprint density at radius 3 is 2.56 bits per heavy atom. The summed E-state index contributed by atoms with van der Waals surface area (Å²) in [6, 6.07) is 12.0. The first-order chi connectivity index (χ1) is 11.8. The second-order valence-electron chi connectivity index (χ2n) is 6.21. The summed E-state index contributed by atoms with van der Waals surface area (Å²) in [5.74, 6) is -0.103. The summed E-state index contributed by atoms with van der Waals surface area (Å²) in [5.41, 5.74) is 2.48. The number of amides is 1. The molecule has 0 unspecified atom stereocenters. The Kier molecular flexibility index (Phi) is 4.86. The van der Waals surface area contributed by atoms with E-state index in [1.54, 1.807) is 41.3 Å². The maximum absolute atomic E-state index is 12.7. The molecule has 1 amide bonds. The highest BCUT2D eigenvalue weighted by Crippen LogP contribution is 2.25. The fourth-order valence-electron chi connectivity index (χ4n) is 2.88. The standard InChI is InChI=1S/C18H19ClN2O3S/c1-20(2)25(23,24)17-7-6-13-8-9-21(12-15(13)11-17)18(22)14-4-3-5-16(19)10-14/h3-7,10-11H,8-9,12H2,1-2H3. The highest BCUT2D eigenvalue weighted by atomic mass is 35.5. The molecule has 132 valence electrons. The summed E-state index contributed by atoms with van der Waals surface area (Å²) in [7, 11) is -0.486. The molecule has 3 rings (SSSR count). The van der Waals surface area contributed by atoms with Gasteiger partial charge in [0.15, 0.2) is 0 Å². The Bertz CT molecular complexity index is 926. The molecule has 0 saturated carbocycles. The maximum atomic E-state index is 12.7. The quantitative estimate of drug-likeness (QED) is 0.825. The van der Waals surface area contributed by atoms with E-state index >= 15 is 0 Å². The second-order valence-corrected chi connectivity index (χ2v) is 8.79. The van der Waals surface area contributed by atoms with Gasteiger partial charge in [0.05, 0.1) is 4.90 Å². The van der Waals surface area contributed by atoms with E-state index in [9.17, 15) is 13.2 Å². The van der Waals surface area contributed by atoms with Crippen molar-refractivity contribution in [2.75, 3.05) is 20.6 Å². The van der Waals surface area contributed by atoms with Crippen molar-refractivity contribution in [1.82, 2.24) is 9.21 Å². The lowest BCUT2D eigenvalue weighted by Crippen LogP contribution is -2.36. The molecule has 2 aromatic carbocycles. The fraction of sp³-hybridized carbons (Fsp3) is 0.278. The Morgan fingerprint density at radius 2 is 1.88 bits per heavy atom. The van der Waals surface area contributed by atoms with E-state index in [1.165, 1.54) is 18.4 Å². The molecule has 0 radical (unpaired) electrons. The van der Waals surface area contributed by atoms with Crippen molar-refractivity contribution in [3.05, 3.63) is 64.2 Å². The predicted octanol–water partition coefficient (Wildman–Crippen LogP) is 2.79. The zero-order valence-electron chi connectivity index (χ0n) is 14.1. The minimum absolute atomic E-state index is 0.103. The zero-order valence-corrected chi connectivity index (χ0v) is 15.6. The fourth-order valence-corrected chi connectivity index (χ4v) is 4.03. The number of carbonyl (C=O) groups excluding carboxylic acids is 1. The van der Waals surface area contributed by atoms with Gasteiger partial charge in [0.25, 0.3) is 5.91 Å².